The van der Waals surface area contributed by atoms with Crippen molar-refractivity contribution < 1.29 is 17.6 Å². The summed E-state index contributed by atoms with van der Waals surface area (Å²) in [5, 5.41) is 2.78. The van der Waals surface area contributed by atoms with Gasteiger partial charge in [-0.15, -0.1) is 0 Å². The molecule has 5 nitrogen and oxygen atoms in total. The second-order valence-corrected chi connectivity index (χ2v) is 9.37. The Kier molecular flexibility index (Phi) is 6.67. The van der Waals surface area contributed by atoms with Gasteiger partial charge in [-0.25, -0.2) is 12.8 Å². The fourth-order valence-electron chi connectivity index (χ4n) is 3.01. The van der Waals surface area contributed by atoms with Crippen LogP contribution in [0.3, 0.4) is 0 Å². The molecule has 3 aromatic carbocycles. The lowest BCUT2D eigenvalue weighted by atomic mass is 10.1. The van der Waals surface area contributed by atoms with Gasteiger partial charge in [-0.2, -0.15) is 0 Å². The van der Waals surface area contributed by atoms with E-state index >= 15 is 0 Å². The minimum Gasteiger partial charge on any atom is -0.346 e. The van der Waals surface area contributed by atoms with Gasteiger partial charge < -0.3 is 5.32 Å². The highest BCUT2D eigenvalue weighted by molar-refractivity contribution is 7.92. The number of hydrogen-bond donors (Lipinski definition) is 2. The van der Waals surface area contributed by atoms with Crippen molar-refractivity contribution in [3.05, 3.63) is 93.8 Å². The fourth-order valence-corrected chi connectivity index (χ4v) is 4.66. The first-order chi connectivity index (χ1) is 14.6. The van der Waals surface area contributed by atoms with Gasteiger partial charge in [-0.05, 0) is 73.9 Å². The average Bonchev–Trinajstić information content (AvgIpc) is 2.71. The first-order valence-electron chi connectivity index (χ1n) is 9.53. The predicted octanol–water partition coefficient (Wildman–Crippen LogP) is 5.39. The van der Waals surface area contributed by atoms with Crippen LogP contribution >= 0.6 is 11.6 Å². The van der Waals surface area contributed by atoms with E-state index in [1.165, 1.54) is 30.3 Å². The van der Waals surface area contributed by atoms with Gasteiger partial charge in [0.1, 0.15) is 10.7 Å². The van der Waals surface area contributed by atoms with Crippen molar-refractivity contribution in [1.29, 1.82) is 0 Å². The number of sulfonamides is 1. The molecule has 1 amide bonds. The summed E-state index contributed by atoms with van der Waals surface area (Å²) < 4.78 is 41.6. The summed E-state index contributed by atoms with van der Waals surface area (Å²) in [5.74, 6) is -0.845. The van der Waals surface area contributed by atoms with Crippen LogP contribution in [-0.2, 0) is 10.0 Å². The van der Waals surface area contributed by atoms with Gasteiger partial charge in [-0.3, -0.25) is 9.52 Å². The van der Waals surface area contributed by atoms with E-state index in [0.29, 0.717) is 11.3 Å². The number of hydrogen-bond acceptors (Lipinski definition) is 3. The van der Waals surface area contributed by atoms with E-state index in [-0.39, 0.29) is 21.3 Å². The SMILES string of the molecule is Cc1ccc(C)c(NS(=O)(=O)c2cc(C(=O)N[C@@H](C)c3ccc(F)cc3)ccc2Cl)c1. The number of aryl methyl sites for hydroxylation is 2. The van der Waals surface area contributed by atoms with Crippen LogP contribution in [0.25, 0.3) is 0 Å². The van der Waals surface area contributed by atoms with Gasteiger partial charge in [0, 0.05) is 5.56 Å². The molecule has 3 rings (SSSR count). The highest BCUT2D eigenvalue weighted by Gasteiger charge is 2.22. The molecule has 0 unspecified atom stereocenters. The Morgan fingerprint density at radius 3 is 2.35 bits per heavy atom. The molecule has 0 radical (unpaired) electrons. The minimum absolute atomic E-state index is 0.000870. The predicted molar refractivity (Wildman–Crippen MR) is 120 cm³/mol. The lowest BCUT2D eigenvalue weighted by Crippen LogP contribution is -2.27. The third-order valence-electron chi connectivity index (χ3n) is 4.84. The maximum Gasteiger partial charge on any atom is 0.263 e. The maximum absolute atomic E-state index is 13.1. The number of nitrogens with one attached hydrogen (secondary N) is 2. The zero-order chi connectivity index (χ0) is 22.8. The molecule has 0 aliphatic heterocycles. The van der Waals surface area contributed by atoms with E-state index in [4.69, 9.17) is 11.6 Å². The largest absolute Gasteiger partial charge is 0.346 e. The Morgan fingerprint density at radius 1 is 1.00 bits per heavy atom. The lowest BCUT2D eigenvalue weighted by molar-refractivity contribution is 0.0939. The Labute approximate surface area is 186 Å². The van der Waals surface area contributed by atoms with Gasteiger partial charge in [0.2, 0.25) is 0 Å². The molecule has 8 heteroatoms. The van der Waals surface area contributed by atoms with Crippen LogP contribution in [0.5, 0.6) is 0 Å². The van der Waals surface area contributed by atoms with E-state index in [1.807, 2.05) is 19.1 Å². The molecule has 1 atom stereocenters. The van der Waals surface area contributed by atoms with Crippen molar-refractivity contribution in [3.8, 4) is 0 Å². The first-order valence-corrected chi connectivity index (χ1v) is 11.4. The third-order valence-corrected chi connectivity index (χ3v) is 6.68. The van der Waals surface area contributed by atoms with Crippen LogP contribution in [-0.4, -0.2) is 14.3 Å². The van der Waals surface area contributed by atoms with E-state index in [9.17, 15) is 17.6 Å². The third kappa shape index (κ3) is 5.42. The highest BCUT2D eigenvalue weighted by atomic mass is 35.5. The van der Waals surface area contributed by atoms with Crippen molar-refractivity contribution >= 4 is 33.2 Å². The number of benzene rings is 3. The van der Waals surface area contributed by atoms with Gasteiger partial charge in [0.15, 0.2) is 0 Å². The fraction of sp³-hybridized carbons (Fsp3) is 0.174. The van der Waals surface area contributed by atoms with E-state index in [0.717, 1.165) is 11.1 Å². The highest BCUT2D eigenvalue weighted by Crippen LogP contribution is 2.27. The summed E-state index contributed by atoms with van der Waals surface area (Å²) in [6.45, 7) is 5.40. The zero-order valence-electron chi connectivity index (χ0n) is 17.2. The number of amides is 1. The van der Waals surface area contributed by atoms with Gasteiger partial charge in [0.25, 0.3) is 15.9 Å². The summed E-state index contributed by atoms with van der Waals surface area (Å²) in [4.78, 5) is 12.5. The Hall–Kier alpha value is -2.90. The molecule has 0 saturated heterocycles. The van der Waals surface area contributed by atoms with Crippen molar-refractivity contribution in [2.75, 3.05) is 4.72 Å². The molecule has 31 heavy (non-hydrogen) atoms. The summed E-state index contributed by atoms with van der Waals surface area (Å²) >= 11 is 6.15. The second-order valence-electron chi connectivity index (χ2n) is 7.32. The molecule has 3 aromatic rings. The molecule has 0 fully saturated rings. The molecule has 0 spiro atoms. The normalized spacial score (nSPS) is 12.3. The van der Waals surface area contributed by atoms with Gasteiger partial charge in [-0.1, -0.05) is 35.9 Å². The van der Waals surface area contributed by atoms with Crippen LogP contribution in [0.2, 0.25) is 5.02 Å². The monoisotopic (exact) mass is 460 g/mol. The first kappa shape index (κ1) is 22.8. The Balaban J connectivity index is 1.85. The summed E-state index contributed by atoms with van der Waals surface area (Å²) in [7, 11) is -4.03. The molecule has 2 N–H and O–H groups in total. The molecule has 0 saturated carbocycles. The van der Waals surface area contributed by atoms with E-state index in [1.54, 1.807) is 32.0 Å². The smallest absolute Gasteiger partial charge is 0.263 e. The Morgan fingerprint density at radius 2 is 1.68 bits per heavy atom. The van der Waals surface area contributed by atoms with Crippen molar-refractivity contribution in [1.82, 2.24) is 5.32 Å². The average molecular weight is 461 g/mol. The maximum atomic E-state index is 13.1. The summed E-state index contributed by atoms with van der Waals surface area (Å²) in [6, 6.07) is 14.8. The van der Waals surface area contributed by atoms with E-state index < -0.39 is 22.0 Å². The molecular formula is C23H22ClFN2O3S. The molecule has 0 aliphatic rings. The molecule has 0 aliphatic carbocycles. The van der Waals surface area contributed by atoms with Crippen LogP contribution in [0.4, 0.5) is 10.1 Å². The van der Waals surface area contributed by atoms with Crippen LogP contribution in [0.15, 0.2) is 65.6 Å². The minimum atomic E-state index is -4.03. The topological polar surface area (TPSA) is 75.3 Å². The van der Waals surface area contributed by atoms with Gasteiger partial charge in [0.05, 0.1) is 16.8 Å². The zero-order valence-corrected chi connectivity index (χ0v) is 18.8. The van der Waals surface area contributed by atoms with Crippen LogP contribution in [0, 0.1) is 19.7 Å². The standard InChI is InChI=1S/C23H22ClFN2O3S/c1-14-4-5-15(2)21(12-14)27-31(29,30)22-13-18(8-11-20(22)24)23(28)26-16(3)17-6-9-19(25)10-7-17/h4-13,16,27H,1-3H3,(H,26,28)/t16-/m0/s1. The second kappa shape index (κ2) is 9.08. The molecule has 0 bridgehead atoms. The summed E-state index contributed by atoms with van der Waals surface area (Å²) in [5.41, 5.74) is 2.95. The van der Waals surface area contributed by atoms with Crippen molar-refractivity contribution in [3.63, 3.8) is 0 Å². The van der Waals surface area contributed by atoms with Crippen molar-refractivity contribution in [2.45, 2.75) is 31.7 Å². The van der Waals surface area contributed by atoms with Gasteiger partial charge >= 0.3 is 0 Å². The van der Waals surface area contributed by atoms with E-state index in [2.05, 4.69) is 10.0 Å². The lowest BCUT2D eigenvalue weighted by Gasteiger charge is -2.16. The summed E-state index contributed by atoms with van der Waals surface area (Å²) in [6.07, 6.45) is 0. The Bertz CT molecular complexity index is 1230. The molecule has 0 aromatic heterocycles. The molecule has 0 heterocycles. The number of carbonyl (C=O) groups is 1. The quantitative estimate of drug-likeness (QED) is 0.518. The number of rotatable bonds is 6. The van der Waals surface area contributed by atoms with Crippen LogP contribution < -0.4 is 10.0 Å². The number of halogens is 2. The van der Waals surface area contributed by atoms with Crippen molar-refractivity contribution in [2.24, 2.45) is 0 Å². The number of carbonyl (C=O) groups excluding carboxylic acids is 1. The molecular weight excluding hydrogens is 439 g/mol. The number of anilines is 1. The molecule has 162 valence electrons. The van der Waals surface area contributed by atoms with Crippen LogP contribution in [0.1, 0.15) is 40.0 Å².